The summed E-state index contributed by atoms with van der Waals surface area (Å²) in [6.45, 7) is 6.35. The summed E-state index contributed by atoms with van der Waals surface area (Å²) in [7, 11) is -2.47. The van der Waals surface area contributed by atoms with Gasteiger partial charge in [0.1, 0.15) is 0 Å². The second-order valence-corrected chi connectivity index (χ2v) is 7.88. The van der Waals surface area contributed by atoms with E-state index in [4.69, 9.17) is 0 Å². The molecule has 0 aromatic heterocycles. The average Bonchev–Trinajstić information content (AvgIpc) is 3.30. The minimum absolute atomic E-state index is 0.522. The Kier molecular flexibility index (Phi) is 3.09. The predicted octanol–water partition coefficient (Wildman–Crippen LogP) is 2.69. The van der Waals surface area contributed by atoms with Crippen LogP contribution >= 0.6 is 7.44 Å². The van der Waals surface area contributed by atoms with Crippen LogP contribution in [0.5, 0.6) is 0 Å². The van der Waals surface area contributed by atoms with Crippen LogP contribution in [0.2, 0.25) is 0 Å². The van der Waals surface area contributed by atoms with Gasteiger partial charge in [0.25, 0.3) is 0 Å². The lowest BCUT2D eigenvalue weighted by Crippen LogP contribution is -2.19. The summed E-state index contributed by atoms with van der Waals surface area (Å²) in [6, 6.07) is 11.1. The van der Waals surface area contributed by atoms with Crippen molar-refractivity contribution in [3.8, 4) is 0 Å². The minimum Gasteiger partial charge on any atom is -0.283 e. The number of nitrogens with zero attached hydrogens (tertiary/aromatic N) is 2. The van der Waals surface area contributed by atoms with Gasteiger partial charge < -0.3 is 0 Å². The largest absolute Gasteiger partial charge is 0.283 e. The Morgan fingerprint density at radius 1 is 1.06 bits per heavy atom. The first-order chi connectivity index (χ1) is 8.71. The van der Waals surface area contributed by atoms with Crippen LogP contribution in [0.25, 0.3) is 0 Å². The summed E-state index contributed by atoms with van der Waals surface area (Å²) < 4.78 is 18.0. The van der Waals surface area contributed by atoms with E-state index in [1.807, 2.05) is 30.3 Å². The molecular formula is C14H21N2OP. The van der Waals surface area contributed by atoms with E-state index in [9.17, 15) is 4.57 Å². The molecule has 3 rings (SSSR count). The first kappa shape index (κ1) is 12.4. The smallest absolute Gasteiger partial charge is 0.246 e. The Balaban J connectivity index is 1.93. The normalized spacial score (nSPS) is 37.0. The molecule has 0 amide bonds. The summed E-state index contributed by atoms with van der Waals surface area (Å²) in [6.07, 6.45) is 2.20. The van der Waals surface area contributed by atoms with Gasteiger partial charge in [0, 0.05) is 30.5 Å². The zero-order valence-electron chi connectivity index (χ0n) is 11.1. The average molecular weight is 264 g/mol. The van der Waals surface area contributed by atoms with E-state index in [0.29, 0.717) is 12.1 Å². The van der Waals surface area contributed by atoms with Crippen LogP contribution < -0.4 is 5.30 Å². The van der Waals surface area contributed by atoms with Gasteiger partial charge >= 0.3 is 0 Å². The number of benzene rings is 1. The van der Waals surface area contributed by atoms with Crippen molar-refractivity contribution < 1.29 is 4.57 Å². The van der Waals surface area contributed by atoms with Gasteiger partial charge in [-0.15, -0.1) is 0 Å². The Labute approximate surface area is 109 Å². The topological polar surface area (TPSA) is 23.1 Å². The molecule has 0 spiro atoms. The van der Waals surface area contributed by atoms with Crippen LogP contribution in [-0.4, -0.2) is 34.5 Å². The van der Waals surface area contributed by atoms with Crippen molar-refractivity contribution in [1.29, 1.82) is 0 Å². The minimum atomic E-state index is -2.47. The summed E-state index contributed by atoms with van der Waals surface area (Å²) in [5.41, 5.74) is 0. The van der Waals surface area contributed by atoms with Gasteiger partial charge in [0.05, 0.1) is 0 Å². The molecule has 0 aliphatic carbocycles. The molecule has 2 aliphatic heterocycles. The van der Waals surface area contributed by atoms with Crippen LogP contribution in [0.1, 0.15) is 26.7 Å². The summed E-state index contributed by atoms with van der Waals surface area (Å²) in [4.78, 5) is 0. The highest BCUT2D eigenvalue weighted by molar-refractivity contribution is 7.67. The number of hydrogen-bond acceptors (Lipinski definition) is 1. The lowest BCUT2D eigenvalue weighted by atomic mass is 10.4. The van der Waals surface area contributed by atoms with Gasteiger partial charge in [-0.2, -0.15) is 0 Å². The highest BCUT2D eigenvalue weighted by Gasteiger charge is 2.57. The first-order valence-electron chi connectivity index (χ1n) is 6.91. The van der Waals surface area contributed by atoms with Crippen molar-refractivity contribution in [3.05, 3.63) is 30.3 Å². The molecule has 1 aromatic rings. The molecule has 2 aliphatic rings. The van der Waals surface area contributed by atoms with Crippen molar-refractivity contribution in [2.75, 3.05) is 13.1 Å². The van der Waals surface area contributed by atoms with E-state index < -0.39 is 7.44 Å². The molecule has 0 radical (unpaired) electrons. The Morgan fingerprint density at radius 2 is 1.56 bits per heavy atom. The molecular weight excluding hydrogens is 243 g/mol. The van der Waals surface area contributed by atoms with Crippen molar-refractivity contribution >= 4 is 12.7 Å². The molecule has 4 heteroatoms. The van der Waals surface area contributed by atoms with Gasteiger partial charge in [0.15, 0.2) is 0 Å². The van der Waals surface area contributed by atoms with E-state index in [1.165, 1.54) is 0 Å². The van der Waals surface area contributed by atoms with E-state index >= 15 is 0 Å². The second kappa shape index (κ2) is 4.48. The second-order valence-electron chi connectivity index (χ2n) is 5.25. The molecule has 98 valence electrons. The summed E-state index contributed by atoms with van der Waals surface area (Å²) in [5.74, 6) is 0. The van der Waals surface area contributed by atoms with E-state index in [-0.39, 0.29) is 0 Å². The SMILES string of the molecule is CC[C@@H]1CN1P(=O)(c1ccccc1)N1C[C@H]1CC. The predicted molar refractivity (Wildman–Crippen MR) is 75.3 cm³/mol. The third-order valence-corrected chi connectivity index (χ3v) is 7.45. The zero-order chi connectivity index (χ0) is 12.8. The maximum Gasteiger partial charge on any atom is 0.246 e. The molecule has 18 heavy (non-hydrogen) atoms. The molecule has 2 saturated heterocycles. The van der Waals surface area contributed by atoms with Gasteiger partial charge in [0.2, 0.25) is 7.44 Å². The summed E-state index contributed by atoms with van der Waals surface area (Å²) in [5, 5.41) is 1.01. The Bertz CT molecular complexity index is 454. The van der Waals surface area contributed by atoms with Crippen molar-refractivity contribution in [2.45, 2.75) is 38.8 Å². The van der Waals surface area contributed by atoms with Crippen LogP contribution in [0.15, 0.2) is 30.3 Å². The molecule has 0 bridgehead atoms. The van der Waals surface area contributed by atoms with E-state index in [2.05, 4.69) is 23.2 Å². The Hall–Kier alpha value is -0.630. The highest BCUT2D eigenvalue weighted by Crippen LogP contribution is 2.64. The van der Waals surface area contributed by atoms with Crippen molar-refractivity contribution in [2.24, 2.45) is 0 Å². The van der Waals surface area contributed by atoms with Crippen LogP contribution in [0.3, 0.4) is 0 Å². The third-order valence-electron chi connectivity index (χ3n) is 4.10. The van der Waals surface area contributed by atoms with Gasteiger partial charge in [-0.1, -0.05) is 32.0 Å². The molecule has 2 unspecified atom stereocenters. The highest BCUT2D eigenvalue weighted by atomic mass is 31.2. The van der Waals surface area contributed by atoms with Gasteiger partial charge in [-0.25, -0.2) is 9.34 Å². The maximum absolute atomic E-state index is 13.5. The fraction of sp³-hybridized carbons (Fsp3) is 0.571. The monoisotopic (exact) mass is 264 g/mol. The van der Waals surface area contributed by atoms with Crippen LogP contribution in [0.4, 0.5) is 0 Å². The number of rotatable bonds is 5. The molecule has 2 heterocycles. The van der Waals surface area contributed by atoms with E-state index in [0.717, 1.165) is 31.2 Å². The molecule has 3 nitrogen and oxygen atoms in total. The van der Waals surface area contributed by atoms with Crippen LogP contribution in [-0.2, 0) is 4.57 Å². The standard InChI is InChI=1S/C14H21N2OP/c1-3-12-10-15(12)18(17,16-11-13(16)4-2)14-8-6-5-7-9-14/h5-9,12-13H,3-4,10-11H2,1-2H3/t12-,13-,15?,16?,18?/m1/s1. The Morgan fingerprint density at radius 3 is 1.94 bits per heavy atom. The van der Waals surface area contributed by atoms with Crippen LogP contribution in [0, 0.1) is 0 Å². The van der Waals surface area contributed by atoms with Gasteiger partial charge in [-0.05, 0) is 25.0 Å². The first-order valence-corrected chi connectivity index (χ1v) is 8.53. The molecule has 2 fully saturated rings. The lowest BCUT2D eigenvalue weighted by molar-refractivity contribution is 0.508. The lowest BCUT2D eigenvalue weighted by Gasteiger charge is -2.22. The van der Waals surface area contributed by atoms with Crippen molar-refractivity contribution in [3.63, 3.8) is 0 Å². The van der Waals surface area contributed by atoms with Crippen molar-refractivity contribution in [1.82, 2.24) is 9.34 Å². The maximum atomic E-state index is 13.5. The molecule has 1 aromatic carbocycles. The fourth-order valence-electron chi connectivity index (χ4n) is 2.75. The fourth-order valence-corrected chi connectivity index (χ4v) is 6.23. The number of hydrogen-bond donors (Lipinski definition) is 0. The molecule has 0 saturated carbocycles. The van der Waals surface area contributed by atoms with E-state index in [1.54, 1.807) is 0 Å². The summed E-state index contributed by atoms with van der Waals surface area (Å²) >= 11 is 0. The third kappa shape index (κ3) is 1.85. The quantitative estimate of drug-likeness (QED) is 0.603. The van der Waals surface area contributed by atoms with Gasteiger partial charge in [-0.3, -0.25) is 4.57 Å². The molecule has 4 atom stereocenters. The molecule has 0 N–H and O–H groups in total. The zero-order valence-corrected chi connectivity index (χ0v) is 12.0.